The van der Waals surface area contributed by atoms with Gasteiger partial charge in [0.2, 0.25) is 0 Å². The van der Waals surface area contributed by atoms with E-state index >= 15 is 0 Å². The molecule has 0 amide bonds. The summed E-state index contributed by atoms with van der Waals surface area (Å²) >= 11 is 1.47. The lowest BCUT2D eigenvalue weighted by molar-refractivity contribution is 0.502. The zero-order valence-corrected chi connectivity index (χ0v) is 14.2. The van der Waals surface area contributed by atoms with Crippen molar-refractivity contribution in [3.05, 3.63) is 22.7 Å². The number of likely N-dealkylation sites (N-methyl/N-ethyl adjacent to an activating group) is 1. The van der Waals surface area contributed by atoms with Crippen LogP contribution in [0.25, 0.3) is 0 Å². The molecule has 1 atom stereocenters. The molecule has 0 fully saturated rings. The molecule has 2 rings (SSSR count). The predicted octanol–water partition coefficient (Wildman–Crippen LogP) is 2.34. The van der Waals surface area contributed by atoms with Crippen LogP contribution in [-0.2, 0) is 18.4 Å². The summed E-state index contributed by atoms with van der Waals surface area (Å²) in [7, 11) is 1.97. The maximum Gasteiger partial charge on any atom is 0.138 e. The lowest BCUT2D eigenvalue weighted by Crippen LogP contribution is -2.24. The van der Waals surface area contributed by atoms with E-state index in [1.54, 1.807) is 6.33 Å². The Morgan fingerprint density at radius 3 is 2.76 bits per heavy atom. The Labute approximate surface area is 130 Å². The molecule has 2 aromatic rings. The van der Waals surface area contributed by atoms with Crippen molar-refractivity contribution in [3.8, 4) is 0 Å². The number of aromatic nitrogens is 5. The van der Waals surface area contributed by atoms with Crippen LogP contribution in [0.1, 0.15) is 56.6 Å². The number of nitrogens with one attached hydrogen (secondary N) is 1. The fourth-order valence-electron chi connectivity index (χ4n) is 2.30. The van der Waals surface area contributed by atoms with Gasteiger partial charge in [0.15, 0.2) is 0 Å². The molecule has 0 spiro atoms. The van der Waals surface area contributed by atoms with Crippen molar-refractivity contribution >= 4 is 11.5 Å². The first-order chi connectivity index (χ1) is 9.97. The second-order valence-corrected chi connectivity index (χ2v) is 6.97. The van der Waals surface area contributed by atoms with Crippen LogP contribution in [0.5, 0.6) is 0 Å². The molecule has 116 valence electrons. The Kier molecular flexibility index (Phi) is 5.05. The average Bonchev–Trinajstić information content (AvgIpc) is 3.04. The van der Waals surface area contributed by atoms with E-state index < -0.39 is 0 Å². The fourth-order valence-corrected chi connectivity index (χ4v) is 3.27. The summed E-state index contributed by atoms with van der Waals surface area (Å²) in [6.07, 6.45) is 3.48. The third kappa shape index (κ3) is 3.65. The van der Waals surface area contributed by atoms with Crippen LogP contribution in [0.4, 0.5) is 0 Å². The minimum Gasteiger partial charge on any atom is -0.312 e. The zero-order valence-electron chi connectivity index (χ0n) is 13.4. The van der Waals surface area contributed by atoms with Crippen LogP contribution in [0.3, 0.4) is 0 Å². The number of hydrogen-bond acceptors (Lipinski definition) is 6. The van der Waals surface area contributed by atoms with E-state index in [1.807, 2.05) is 11.7 Å². The smallest absolute Gasteiger partial charge is 0.138 e. The van der Waals surface area contributed by atoms with Crippen molar-refractivity contribution in [1.82, 2.24) is 29.7 Å². The Balaban J connectivity index is 2.25. The van der Waals surface area contributed by atoms with Crippen LogP contribution >= 0.6 is 11.5 Å². The molecule has 0 aromatic carbocycles. The fraction of sp³-hybridized carbons (Fsp3) is 0.714. The molecule has 2 aromatic heterocycles. The first-order valence-electron chi connectivity index (χ1n) is 7.34. The van der Waals surface area contributed by atoms with Crippen LogP contribution < -0.4 is 5.32 Å². The lowest BCUT2D eigenvalue weighted by Gasteiger charge is -2.21. The summed E-state index contributed by atoms with van der Waals surface area (Å²) in [6, 6.07) is 0.166. The normalized spacial score (nSPS) is 13.6. The molecule has 0 bridgehead atoms. The number of rotatable bonds is 6. The van der Waals surface area contributed by atoms with Gasteiger partial charge in [-0.15, -0.1) is 5.10 Å². The van der Waals surface area contributed by atoms with Gasteiger partial charge < -0.3 is 5.32 Å². The first kappa shape index (κ1) is 16.0. The van der Waals surface area contributed by atoms with Crippen molar-refractivity contribution in [1.29, 1.82) is 0 Å². The van der Waals surface area contributed by atoms with Crippen molar-refractivity contribution < 1.29 is 0 Å². The van der Waals surface area contributed by atoms with Gasteiger partial charge in [0.25, 0.3) is 0 Å². The number of aryl methyl sites for hydroxylation is 1. The van der Waals surface area contributed by atoms with Crippen LogP contribution in [0, 0.1) is 0 Å². The van der Waals surface area contributed by atoms with Gasteiger partial charge in [0.05, 0.1) is 16.6 Å². The van der Waals surface area contributed by atoms with E-state index in [4.69, 9.17) is 0 Å². The second kappa shape index (κ2) is 6.62. The molecule has 2 heterocycles. The van der Waals surface area contributed by atoms with Gasteiger partial charge in [0.1, 0.15) is 12.2 Å². The molecule has 7 heteroatoms. The largest absolute Gasteiger partial charge is 0.312 e. The monoisotopic (exact) mass is 308 g/mol. The maximum atomic E-state index is 4.40. The molecule has 1 unspecified atom stereocenters. The van der Waals surface area contributed by atoms with Gasteiger partial charge in [0, 0.05) is 18.4 Å². The van der Waals surface area contributed by atoms with Gasteiger partial charge in [-0.1, -0.05) is 32.2 Å². The molecule has 0 aliphatic carbocycles. The highest BCUT2D eigenvalue weighted by Gasteiger charge is 2.27. The topological polar surface area (TPSA) is 68.5 Å². The van der Waals surface area contributed by atoms with Gasteiger partial charge >= 0.3 is 0 Å². The van der Waals surface area contributed by atoms with E-state index in [0.29, 0.717) is 0 Å². The molecule has 6 nitrogen and oxygen atoms in total. The summed E-state index contributed by atoms with van der Waals surface area (Å²) in [5.74, 6) is 1.00. The lowest BCUT2D eigenvalue weighted by atomic mass is 9.89. The SMILES string of the molecule is CCCn1ncnc1CC(NC)c1snnc1C(C)(C)C. The quantitative estimate of drug-likeness (QED) is 0.887. The summed E-state index contributed by atoms with van der Waals surface area (Å²) < 4.78 is 6.14. The van der Waals surface area contributed by atoms with Crippen LogP contribution in [0.2, 0.25) is 0 Å². The minimum absolute atomic E-state index is 0.00543. The molecular formula is C14H24N6S. The molecular weight excluding hydrogens is 284 g/mol. The zero-order chi connectivity index (χ0) is 15.5. The molecule has 21 heavy (non-hydrogen) atoms. The molecule has 0 radical (unpaired) electrons. The Morgan fingerprint density at radius 1 is 1.38 bits per heavy atom. The highest BCUT2D eigenvalue weighted by molar-refractivity contribution is 7.05. The molecule has 0 saturated carbocycles. The van der Waals surface area contributed by atoms with E-state index in [9.17, 15) is 0 Å². The molecule has 0 saturated heterocycles. The van der Waals surface area contributed by atoms with E-state index in [-0.39, 0.29) is 11.5 Å². The summed E-state index contributed by atoms with van der Waals surface area (Å²) in [5.41, 5.74) is 1.06. The molecule has 0 aliphatic rings. The van der Waals surface area contributed by atoms with Crippen molar-refractivity contribution in [2.24, 2.45) is 0 Å². The van der Waals surface area contributed by atoms with Gasteiger partial charge in [-0.3, -0.25) is 4.68 Å². The first-order valence-corrected chi connectivity index (χ1v) is 8.11. The highest BCUT2D eigenvalue weighted by atomic mass is 32.1. The number of hydrogen-bond donors (Lipinski definition) is 1. The number of nitrogens with zero attached hydrogens (tertiary/aromatic N) is 5. The van der Waals surface area contributed by atoms with E-state index in [0.717, 1.165) is 30.9 Å². The Bertz CT molecular complexity index is 568. The second-order valence-electron chi connectivity index (χ2n) is 6.18. The third-order valence-electron chi connectivity index (χ3n) is 3.41. The van der Waals surface area contributed by atoms with E-state index in [2.05, 4.69) is 52.7 Å². The van der Waals surface area contributed by atoms with Gasteiger partial charge in [-0.2, -0.15) is 5.10 Å². The van der Waals surface area contributed by atoms with Crippen molar-refractivity contribution in [2.75, 3.05) is 7.05 Å². The van der Waals surface area contributed by atoms with Gasteiger partial charge in [-0.25, -0.2) is 4.98 Å². The maximum absolute atomic E-state index is 4.40. The standard InChI is InChI=1S/C14H24N6S/c1-6-7-20-11(16-9-17-20)8-10(15-5)12-13(14(2,3)4)18-19-21-12/h9-10,15H,6-8H2,1-5H3. The average molecular weight is 308 g/mol. The summed E-state index contributed by atoms with van der Waals surface area (Å²) in [4.78, 5) is 5.59. The van der Waals surface area contributed by atoms with E-state index in [1.165, 1.54) is 16.4 Å². The Morgan fingerprint density at radius 2 is 2.14 bits per heavy atom. The van der Waals surface area contributed by atoms with Crippen molar-refractivity contribution in [2.45, 2.75) is 58.5 Å². The van der Waals surface area contributed by atoms with Crippen LogP contribution in [-0.4, -0.2) is 31.4 Å². The Hall–Kier alpha value is -1.34. The molecule has 0 aliphatic heterocycles. The third-order valence-corrected chi connectivity index (χ3v) is 4.24. The van der Waals surface area contributed by atoms with Crippen molar-refractivity contribution in [3.63, 3.8) is 0 Å². The van der Waals surface area contributed by atoms with Gasteiger partial charge in [-0.05, 0) is 25.0 Å². The summed E-state index contributed by atoms with van der Waals surface area (Å²) in [6.45, 7) is 9.54. The molecule has 1 N–H and O–H groups in total. The summed E-state index contributed by atoms with van der Waals surface area (Å²) in [5, 5.41) is 12.0. The van der Waals surface area contributed by atoms with Crippen LogP contribution in [0.15, 0.2) is 6.33 Å². The minimum atomic E-state index is -0.00543. The predicted molar refractivity (Wildman–Crippen MR) is 84.4 cm³/mol. The highest BCUT2D eigenvalue weighted by Crippen LogP contribution is 2.31.